The number of ether oxygens (including phenoxy) is 1. The molecule has 0 bridgehead atoms. The molecule has 0 unspecified atom stereocenters. The molecule has 0 radical (unpaired) electrons. The minimum atomic E-state index is -0.0798. The second kappa shape index (κ2) is 6.07. The Morgan fingerprint density at radius 2 is 2.29 bits per heavy atom. The molecule has 0 aliphatic heterocycles. The first-order chi connectivity index (χ1) is 10.3. The largest absolute Gasteiger partial charge is 0.487 e. The molecular weight excluding hydrogens is 286 g/mol. The van der Waals surface area contributed by atoms with Gasteiger partial charge in [0.15, 0.2) is 4.96 Å². The highest BCUT2D eigenvalue weighted by molar-refractivity contribution is 7.15. The van der Waals surface area contributed by atoms with Crippen LogP contribution in [0.3, 0.4) is 0 Å². The average Bonchev–Trinajstić information content (AvgIpc) is 2.95. The van der Waals surface area contributed by atoms with E-state index >= 15 is 0 Å². The minimum Gasteiger partial charge on any atom is -0.487 e. The zero-order valence-electron chi connectivity index (χ0n) is 11.6. The second-order valence-electron chi connectivity index (χ2n) is 4.61. The summed E-state index contributed by atoms with van der Waals surface area (Å²) in [5.74, 6) is 0.774. The number of nitrogens with one attached hydrogen (secondary N) is 1. The average molecular weight is 301 g/mol. The topological polar surface area (TPSA) is 55.6 Å². The van der Waals surface area contributed by atoms with Crippen molar-refractivity contribution in [2.45, 2.75) is 13.2 Å². The summed E-state index contributed by atoms with van der Waals surface area (Å²) in [6.45, 7) is 1.07. The summed E-state index contributed by atoms with van der Waals surface area (Å²) in [6.07, 6.45) is 1.72. The summed E-state index contributed by atoms with van der Waals surface area (Å²) >= 11 is 1.43. The Balaban J connectivity index is 1.76. The van der Waals surface area contributed by atoms with Crippen molar-refractivity contribution in [1.82, 2.24) is 14.7 Å². The van der Waals surface area contributed by atoms with E-state index in [1.54, 1.807) is 6.20 Å². The Labute approximate surface area is 125 Å². The summed E-state index contributed by atoms with van der Waals surface area (Å²) in [5.41, 5.74) is 1.71. The fraction of sp³-hybridized carbons (Fsp3) is 0.200. The summed E-state index contributed by atoms with van der Waals surface area (Å²) in [6, 6.07) is 9.37. The van der Waals surface area contributed by atoms with Crippen LogP contribution in [-0.4, -0.2) is 16.4 Å². The highest BCUT2D eigenvalue weighted by Crippen LogP contribution is 2.15. The van der Waals surface area contributed by atoms with Crippen LogP contribution in [0.2, 0.25) is 0 Å². The van der Waals surface area contributed by atoms with Crippen molar-refractivity contribution >= 4 is 16.3 Å². The van der Waals surface area contributed by atoms with Gasteiger partial charge in [-0.05, 0) is 24.7 Å². The van der Waals surface area contributed by atoms with E-state index in [0.717, 1.165) is 17.9 Å². The van der Waals surface area contributed by atoms with E-state index < -0.39 is 0 Å². The molecule has 0 saturated heterocycles. The molecule has 1 N–H and O–H groups in total. The minimum absolute atomic E-state index is 0.0798. The Bertz CT molecular complexity index is 810. The van der Waals surface area contributed by atoms with E-state index in [-0.39, 0.29) is 12.2 Å². The van der Waals surface area contributed by atoms with Crippen molar-refractivity contribution in [1.29, 1.82) is 0 Å². The quantitative estimate of drug-likeness (QED) is 0.783. The number of aromatic nitrogens is 2. The number of rotatable bonds is 5. The number of hydrogen-bond acceptors (Lipinski definition) is 5. The van der Waals surface area contributed by atoms with Gasteiger partial charge in [-0.2, -0.15) is 0 Å². The van der Waals surface area contributed by atoms with Gasteiger partial charge in [0.25, 0.3) is 5.56 Å². The number of hydrogen-bond donors (Lipinski definition) is 1. The van der Waals surface area contributed by atoms with Crippen LogP contribution in [0.4, 0.5) is 0 Å². The predicted molar refractivity (Wildman–Crippen MR) is 82.9 cm³/mol. The molecule has 0 amide bonds. The van der Waals surface area contributed by atoms with Gasteiger partial charge in [0.2, 0.25) is 0 Å². The third kappa shape index (κ3) is 3.12. The zero-order valence-corrected chi connectivity index (χ0v) is 12.4. The molecule has 0 spiro atoms. The molecule has 0 saturated carbocycles. The van der Waals surface area contributed by atoms with Gasteiger partial charge in [0.1, 0.15) is 12.4 Å². The predicted octanol–water partition coefficient (Wildman–Crippen LogP) is 2.05. The number of thiazole rings is 1. The zero-order chi connectivity index (χ0) is 14.7. The van der Waals surface area contributed by atoms with Gasteiger partial charge < -0.3 is 10.1 Å². The summed E-state index contributed by atoms with van der Waals surface area (Å²) in [7, 11) is 1.90. The second-order valence-corrected chi connectivity index (χ2v) is 5.48. The van der Waals surface area contributed by atoms with Crippen molar-refractivity contribution in [2.75, 3.05) is 7.05 Å². The molecule has 6 heteroatoms. The van der Waals surface area contributed by atoms with E-state index in [2.05, 4.69) is 10.3 Å². The van der Waals surface area contributed by atoms with Gasteiger partial charge >= 0.3 is 0 Å². The molecule has 0 aliphatic carbocycles. The third-order valence-electron chi connectivity index (χ3n) is 3.02. The van der Waals surface area contributed by atoms with Crippen LogP contribution in [0, 0.1) is 0 Å². The van der Waals surface area contributed by atoms with E-state index in [0.29, 0.717) is 10.7 Å². The molecule has 2 aromatic heterocycles. The maximum atomic E-state index is 11.9. The van der Waals surface area contributed by atoms with E-state index in [4.69, 9.17) is 4.74 Å². The van der Waals surface area contributed by atoms with Gasteiger partial charge in [-0.25, -0.2) is 4.98 Å². The number of benzene rings is 1. The molecule has 0 aliphatic rings. The Hall–Kier alpha value is -2.18. The van der Waals surface area contributed by atoms with Crippen molar-refractivity contribution in [3.05, 3.63) is 63.5 Å². The summed E-state index contributed by atoms with van der Waals surface area (Å²) in [4.78, 5) is 17.0. The third-order valence-corrected chi connectivity index (χ3v) is 3.78. The van der Waals surface area contributed by atoms with Gasteiger partial charge in [-0.3, -0.25) is 9.20 Å². The van der Waals surface area contributed by atoms with Crippen LogP contribution in [0.5, 0.6) is 5.75 Å². The molecule has 1 aromatic carbocycles. The van der Waals surface area contributed by atoms with Gasteiger partial charge in [-0.1, -0.05) is 12.1 Å². The molecule has 0 fully saturated rings. The van der Waals surface area contributed by atoms with Crippen molar-refractivity contribution in [3.8, 4) is 5.75 Å². The summed E-state index contributed by atoms with van der Waals surface area (Å²) in [5, 5.41) is 4.94. The lowest BCUT2D eigenvalue weighted by Crippen LogP contribution is -2.14. The lowest BCUT2D eigenvalue weighted by atomic mass is 10.2. The van der Waals surface area contributed by atoms with Crippen LogP contribution in [0.15, 0.2) is 46.7 Å². The smallest absolute Gasteiger partial charge is 0.258 e. The van der Waals surface area contributed by atoms with Crippen LogP contribution in [0.1, 0.15) is 11.3 Å². The normalized spacial score (nSPS) is 10.9. The molecule has 0 atom stereocenters. The lowest BCUT2D eigenvalue weighted by Gasteiger charge is -2.07. The Morgan fingerprint density at radius 3 is 3.14 bits per heavy atom. The Kier molecular flexibility index (Phi) is 3.98. The standard InChI is InChI=1S/C15H15N3O2S/c1-16-9-11-3-2-4-13(7-11)20-10-12-8-14(19)18-5-6-21-15(18)17-12/h2-8,16H,9-10H2,1H3. The van der Waals surface area contributed by atoms with E-state index in [1.165, 1.54) is 21.8 Å². The van der Waals surface area contributed by atoms with E-state index in [9.17, 15) is 4.79 Å². The molecule has 3 rings (SSSR count). The molecular formula is C15H15N3O2S. The number of nitrogens with zero attached hydrogens (tertiary/aromatic N) is 2. The first kappa shape index (κ1) is 13.8. The molecule has 108 valence electrons. The van der Waals surface area contributed by atoms with Gasteiger partial charge in [0.05, 0.1) is 5.69 Å². The van der Waals surface area contributed by atoms with Crippen LogP contribution in [0.25, 0.3) is 4.96 Å². The van der Waals surface area contributed by atoms with Crippen LogP contribution < -0.4 is 15.6 Å². The van der Waals surface area contributed by atoms with Crippen molar-refractivity contribution in [3.63, 3.8) is 0 Å². The maximum absolute atomic E-state index is 11.9. The van der Waals surface area contributed by atoms with E-state index in [1.807, 2.05) is 36.7 Å². The van der Waals surface area contributed by atoms with Crippen molar-refractivity contribution < 1.29 is 4.74 Å². The summed E-state index contributed by atoms with van der Waals surface area (Å²) < 4.78 is 7.26. The SMILES string of the molecule is CNCc1cccc(OCc2cc(=O)n3ccsc3n2)c1. The van der Waals surface area contributed by atoms with Crippen LogP contribution in [-0.2, 0) is 13.2 Å². The van der Waals surface area contributed by atoms with Gasteiger partial charge in [-0.15, -0.1) is 11.3 Å². The number of fused-ring (bicyclic) bond motifs is 1. The van der Waals surface area contributed by atoms with Crippen LogP contribution >= 0.6 is 11.3 Å². The highest BCUT2D eigenvalue weighted by atomic mass is 32.1. The maximum Gasteiger partial charge on any atom is 0.258 e. The monoisotopic (exact) mass is 301 g/mol. The molecule has 5 nitrogen and oxygen atoms in total. The first-order valence-corrected chi connectivity index (χ1v) is 7.46. The molecule has 21 heavy (non-hydrogen) atoms. The fourth-order valence-corrected chi connectivity index (χ4v) is 2.81. The Morgan fingerprint density at radius 1 is 1.38 bits per heavy atom. The lowest BCUT2D eigenvalue weighted by molar-refractivity contribution is 0.301. The fourth-order valence-electron chi connectivity index (χ4n) is 2.07. The van der Waals surface area contributed by atoms with Gasteiger partial charge in [0, 0.05) is 24.2 Å². The molecule has 3 aromatic rings. The molecule has 2 heterocycles. The van der Waals surface area contributed by atoms with Crippen molar-refractivity contribution in [2.24, 2.45) is 0 Å². The first-order valence-electron chi connectivity index (χ1n) is 6.58. The highest BCUT2D eigenvalue weighted by Gasteiger charge is 2.04.